The van der Waals surface area contributed by atoms with Crippen molar-refractivity contribution < 1.29 is 14.4 Å². The van der Waals surface area contributed by atoms with Crippen molar-refractivity contribution >= 4 is 34.9 Å². The van der Waals surface area contributed by atoms with Crippen molar-refractivity contribution in [2.75, 3.05) is 5.01 Å². The molecule has 0 radical (unpaired) electrons. The van der Waals surface area contributed by atoms with Gasteiger partial charge < -0.3 is 0 Å². The van der Waals surface area contributed by atoms with E-state index in [9.17, 15) is 19.2 Å². The van der Waals surface area contributed by atoms with E-state index in [0.29, 0.717) is 11.4 Å². The monoisotopic (exact) mass is 466 g/mol. The first-order valence-electron chi connectivity index (χ1n) is 10.8. The van der Waals surface area contributed by atoms with Crippen molar-refractivity contribution in [2.45, 2.75) is 13.8 Å². The number of carbonyl (C=O) groups excluding carboxylic acids is 3. The lowest BCUT2D eigenvalue weighted by molar-refractivity contribution is -0.115. The van der Waals surface area contributed by atoms with Crippen LogP contribution in [-0.4, -0.2) is 33.0 Å². The van der Waals surface area contributed by atoms with Gasteiger partial charge in [-0.05, 0) is 36.4 Å². The lowest BCUT2D eigenvalue weighted by Gasteiger charge is -2.10. The number of hydrogen-bond donors (Lipinski definition) is 1. The molecule has 4 rings (SSSR count). The van der Waals surface area contributed by atoms with E-state index >= 15 is 0 Å². The molecule has 1 N–H and O–H groups in total. The summed E-state index contributed by atoms with van der Waals surface area (Å²) in [5, 5.41) is 8.24. The summed E-state index contributed by atoms with van der Waals surface area (Å²) < 4.78 is 1.31. The Morgan fingerprint density at radius 1 is 0.829 bits per heavy atom. The summed E-state index contributed by atoms with van der Waals surface area (Å²) in [5.74, 6) is -1.01. The van der Waals surface area contributed by atoms with Gasteiger partial charge in [-0.25, -0.2) is 4.68 Å². The van der Waals surface area contributed by atoms with Crippen LogP contribution in [0.4, 0.5) is 5.69 Å². The van der Waals surface area contributed by atoms with Gasteiger partial charge in [0, 0.05) is 13.8 Å². The molecule has 8 nitrogen and oxygen atoms in total. The predicted octanol–water partition coefficient (Wildman–Crippen LogP) is 3.86. The first kappa shape index (κ1) is 23.3. The van der Waals surface area contributed by atoms with Crippen LogP contribution in [0.15, 0.2) is 100 Å². The van der Waals surface area contributed by atoms with Crippen LogP contribution in [0.25, 0.3) is 11.8 Å². The van der Waals surface area contributed by atoms with Crippen molar-refractivity contribution in [3.63, 3.8) is 0 Å². The molecule has 1 aliphatic heterocycles. The van der Waals surface area contributed by atoms with E-state index in [-0.39, 0.29) is 39.7 Å². The van der Waals surface area contributed by atoms with Gasteiger partial charge in [0.05, 0.1) is 22.5 Å². The number of para-hydroxylation sites is 2. The van der Waals surface area contributed by atoms with E-state index in [1.807, 2.05) is 12.1 Å². The molecule has 0 bridgehead atoms. The molecule has 1 amide bonds. The number of H-pyrrole nitrogens is 1. The highest BCUT2D eigenvalue weighted by Gasteiger charge is 2.32. The Morgan fingerprint density at radius 2 is 1.46 bits per heavy atom. The van der Waals surface area contributed by atoms with Crippen LogP contribution in [0.2, 0.25) is 0 Å². The average Bonchev–Trinajstić information content (AvgIpc) is 3.37. The number of carbonyl (C=O) groups is 3. The Morgan fingerprint density at radius 3 is 2.06 bits per heavy atom. The molecule has 0 aliphatic carbocycles. The molecule has 8 heteroatoms. The number of aromatic amines is 1. The topological polar surface area (TPSA) is 105 Å². The zero-order chi connectivity index (χ0) is 24.9. The van der Waals surface area contributed by atoms with Crippen molar-refractivity contribution in [3.05, 3.63) is 112 Å². The SMILES string of the molecule is CC(=O)C1=NN(c2ccccc2)C(=O)/C1=C/C=C/C=C/c1c(C(C)=O)[nH]n(-c2ccccc2)c1=O. The van der Waals surface area contributed by atoms with E-state index in [4.69, 9.17) is 0 Å². The Hall–Kier alpha value is -4.85. The third-order valence-electron chi connectivity index (χ3n) is 5.25. The fourth-order valence-electron chi connectivity index (χ4n) is 3.57. The fourth-order valence-corrected chi connectivity index (χ4v) is 3.57. The summed E-state index contributed by atoms with van der Waals surface area (Å²) in [4.78, 5) is 49.9. The molecule has 0 spiro atoms. The molecule has 0 unspecified atom stereocenters. The summed E-state index contributed by atoms with van der Waals surface area (Å²) in [6, 6.07) is 17.8. The third-order valence-corrected chi connectivity index (χ3v) is 5.25. The number of nitrogens with zero attached hydrogens (tertiary/aromatic N) is 3. The number of hydrogen-bond acceptors (Lipinski definition) is 5. The predicted molar refractivity (Wildman–Crippen MR) is 135 cm³/mol. The summed E-state index contributed by atoms with van der Waals surface area (Å²) in [7, 11) is 0. The Balaban J connectivity index is 1.59. The quantitative estimate of drug-likeness (QED) is 0.324. The minimum Gasteiger partial charge on any atom is -0.293 e. The van der Waals surface area contributed by atoms with Gasteiger partial charge in [-0.2, -0.15) is 10.1 Å². The Bertz CT molecular complexity index is 1470. The van der Waals surface area contributed by atoms with Crippen LogP contribution in [0.1, 0.15) is 29.9 Å². The highest BCUT2D eigenvalue weighted by Crippen LogP contribution is 2.23. The zero-order valence-corrected chi connectivity index (χ0v) is 19.1. The van der Waals surface area contributed by atoms with Gasteiger partial charge >= 0.3 is 0 Å². The van der Waals surface area contributed by atoms with Gasteiger partial charge in [0.25, 0.3) is 11.5 Å². The molecule has 1 aliphatic rings. The summed E-state index contributed by atoms with van der Waals surface area (Å²) >= 11 is 0. The summed E-state index contributed by atoms with van der Waals surface area (Å²) in [5.41, 5.74) is 1.46. The molecule has 2 aromatic carbocycles. The van der Waals surface area contributed by atoms with Gasteiger partial charge in [0.15, 0.2) is 11.6 Å². The number of ketones is 2. The maximum atomic E-state index is 12.9. The van der Waals surface area contributed by atoms with Gasteiger partial charge in [-0.15, -0.1) is 0 Å². The van der Waals surface area contributed by atoms with Crippen LogP contribution >= 0.6 is 0 Å². The number of aromatic nitrogens is 2. The molecule has 1 aromatic heterocycles. The van der Waals surface area contributed by atoms with Crippen molar-refractivity contribution in [1.29, 1.82) is 0 Å². The number of nitrogens with one attached hydrogen (secondary N) is 1. The average molecular weight is 466 g/mol. The molecule has 0 saturated heterocycles. The van der Waals surface area contributed by atoms with Crippen molar-refractivity contribution in [1.82, 2.24) is 9.78 Å². The number of Topliss-reactive ketones (excluding diaryl/α,β-unsaturated/α-hetero) is 2. The maximum Gasteiger partial charge on any atom is 0.281 e. The second kappa shape index (κ2) is 9.96. The molecular weight excluding hydrogens is 444 g/mol. The van der Waals surface area contributed by atoms with E-state index < -0.39 is 5.91 Å². The van der Waals surface area contributed by atoms with Crippen LogP contribution in [0.5, 0.6) is 0 Å². The van der Waals surface area contributed by atoms with Crippen molar-refractivity contribution in [2.24, 2.45) is 5.10 Å². The van der Waals surface area contributed by atoms with E-state index in [0.717, 1.165) is 0 Å². The number of rotatable bonds is 7. The second-order valence-electron chi connectivity index (χ2n) is 7.71. The van der Waals surface area contributed by atoms with Crippen molar-refractivity contribution in [3.8, 4) is 5.69 Å². The Kier molecular flexibility index (Phi) is 6.64. The van der Waals surface area contributed by atoms with E-state index in [1.165, 1.54) is 35.7 Å². The van der Waals surface area contributed by atoms with Crippen LogP contribution in [0.3, 0.4) is 0 Å². The number of anilines is 1. The standard InChI is InChI=1S/C27H22N4O4/c1-18(32)24-22(26(34)30(28-24)20-12-6-3-7-13-20)16-10-5-11-17-23-25(19(2)33)29-31(27(23)35)21-14-8-4-9-15-21/h3-17,28H,1-2H3/b11-5+,16-10+,23-17+. The normalized spacial score (nSPS) is 14.9. The number of hydrazone groups is 1. The molecule has 0 saturated carbocycles. The molecule has 35 heavy (non-hydrogen) atoms. The van der Waals surface area contributed by atoms with E-state index in [1.54, 1.807) is 66.8 Å². The lowest BCUT2D eigenvalue weighted by atomic mass is 10.1. The van der Waals surface area contributed by atoms with Gasteiger partial charge in [-0.1, -0.05) is 54.6 Å². The minimum atomic E-state index is -0.412. The molecular formula is C27H22N4O4. The van der Waals surface area contributed by atoms with Gasteiger partial charge in [0.2, 0.25) is 0 Å². The minimum absolute atomic E-state index is 0.0720. The summed E-state index contributed by atoms with van der Waals surface area (Å²) in [6.45, 7) is 2.73. The van der Waals surface area contributed by atoms with Crippen LogP contribution in [0, 0.1) is 0 Å². The first-order chi connectivity index (χ1) is 16.9. The van der Waals surface area contributed by atoms with E-state index in [2.05, 4.69) is 10.2 Å². The molecule has 2 heterocycles. The molecule has 0 fully saturated rings. The smallest absolute Gasteiger partial charge is 0.281 e. The molecule has 3 aromatic rings. The molecule has 0 atom stereocenters. The highest BCUT2D eigenvalue weighted by atomic mass is 16.2. The second-order valence-corrected chi connectivity index (χ2v) is 7.71. The largest absolute Gasteiger partial charge is 0.293 e. The zero-order valence-electron chi connectivity index (χ0n) is 19.1. The molecule has 174 valence electrons. The maximum absolute atomic E-state index is 12.9. The number of benzene rings is 2. The number of allylic oxidation sites excluding steroid dienone is 4. The highest BCUT2D eigenvalue weighted by molar-refractivity contribution is 6.54. The van der Waals surface area contributed by atoms with Crippen LogP contribution < -0.4 is 10.6 Å². The van der Waals surface area contributed by atoms with Crippen LogP contribution in [-0.2, 0) is 9.59 Å². The van der Waals surface area contributed by atoms with Gasteiger partial charge in [-0.3, -0.25) is 24.3 Å². The first-order valence-corrected chi connectivity index (χ1v) is 10.8. The summed E-state index contributed by atoms with van der Waals surface area (Å²) in [6.07, 6.45) is 7.79. The third kappa shape index (κ3) is 4.77. The lowest BCUT2D eigenvalue weighted by Crippen LogP contribution is -2.21. The van der Waals surface area contributed by atoms with Gasteiger partial charge in [0.1, 0.15) is 11.4 Å². The Labute approximate surface area is 201 Å². The number of amides is 1. The fraction of sp³-hybridized carbons (Fsp3) is 0.0741.